The Balaban J connectivity index is 1.88. The maximum Gasteiger partial charge on any atom is 0.308 e. The number of esters is 1. The van der Waals surface area contributed by atoms with Crippen LogP contribution in [0.5, 0.6) is 0 Å². The van der Waals surface area contributed by atoms with Gasteiger partial charge in [0.15, 0.2) is 0 Å². The van der Waals surface area contributed by atoms with Crippen LogP contribution in [0.15, 0.2) is 6.20 Å². The van der Waals surface area contributed by atoms with E-state index in [1.54, 1.807) is 10.9 Å². The Hall–Kier alpha value is -1.85. The van der Waals surface area contributed by atoms with Crippen molar-refractivity contribution in [2.24, 2.45) is 13.0 Å². The molecular weight excluding hydrogens is 258 g/mol. The maximum absolute atomic E-state index is 12.2. The Labute approximate surface area is 118 Å². The molecule has 110 valence electrons. The Bertz CT molecular complexity index is 502. The molecule has 0 bridgehead atoms. The largest absolute Gasteiger partial charge is 0.469 e. The fraction of sp³-hybridized carbons (Fsp3) is 0.643. The molecule has 0 atom stereocenters. The molecular formula is C14H21N3O3. The van der Waals surface area contributed by atoms with E-state index in [1.807, 2.05) is 14.0 Å². The van der Waals surface area contributed by atoms with Gasteiger partial charge < -0.3 is 10.1 Å². The third kappa shape index (κ3) is 3.00. The summed E-state index contributed by atoms with van der Waals surface area (Å²) in [6.07, 6.45) is 4.74. The standard InChI is InChI=1S/C14H21N3O3/c1-9-12(8-15-17(9)2)13(18)16-11-6-4-10(5-7-11)14(19)20-3/h8,10-11H,4-7H2,1-3H3,(H,16,18). The minimum absolute atomic E-state index is 0.0201. The number of ether oxygens (including phenoxy) is 1. The number of aryl methyl sites for hydroxylation is 1. The lowest BCUT2D eigenvalue weighted by Crippen LogP contribution is -2.39. The maximum atomic E-state index is 12.2. The fourth-order valence-electron chi connectivity index (χ4n) is 2.62. The van der Waals surface area contributed by atoms with Gasteiger partial charge in [-0.25, -0.2) is 0 Å². The van der Waals surface area contributed by atoms with Crippen LogP contribution in [-0.2, 0) is 16.6 Å². The first kappa shape index (κ1) is 14.6. The van der Waals surface area contributed by atoms with Crippen LogP contribution in [0.3, 0.4) is 0 Å². The van der Waals surface area contributed by atoms with Crippen LogP contribution in [0.25, 0.3) is 0 Å². The molecule has 0 aromatic carbocycles. The van der Waals surface area contributed by atoms with Crippen molar-refractivity contribution >= 4 is 11.9 Å². The lowest BCUT2D eigenvalue weighted by atomic mass is 9.86. The van der Waals surface area contributed by atoms with E-state index in [-0.39, 0.29) is 23.8 Å². The molecule has 20 heavy (non-hydrogen) atoms. The zero-order valence-corrected chi connectivity index (χ0v) is 12.2. The van der Waals surface area contributed by atoms with E-state index < -0.39 is 0 Å². The number of carbonyl (C=O) groups is 2. The van der Waals surface area contributed by atoms with Crippen LogP contribution >= 0.6 is 0 Å². The second kappa shape index (κ2) is 6.07. The zero-order chi connectivity index (χ0) is 14.7. The number of aromatic nitrogens is 2. The average Bonchev–Trinajstić information content (AvgIpc) is 2.79. The molecule has 1 aromatic heterocycles. The predicted molar refractivity (Wildman–Crippen MR) is 73.2 cm³/mol. The van der Waals surface area contributed by atoms with Crippen LogP contribution < -0.4 is 5.32 Å². The zero-order valence-electron chi connectivity index (χ0n) is 12.2. The minimum Gasteiger partial charge on any atom is -0.469 e. The minimum atomic E-state index is -0.141. The molecule has 0 unspecified atom stereocenters. The molecule has 0 radical (unpaired) electrons. The van der Waals surface area contributed by atoms with Crippen molar-refractivity contribution in [3.8, 4) is 0 Å². The number of carbonyl (C=O) groups excluding carboxylic acids is 2. The van der Waals surface area contributed by atoms with E-state index in [9.17, 15) is 9.59 Å². The highest BCUT2D eigenvalue weighted by molar-refractivity contribution is 5.95. The van der Waals surface area contributed by atoms with Crippen LogP contribution in [-0.4, -0.2) is 34.8 Å². The molecule has 1 aliphatic rings. The van der Waals surface area contributed by atoms with E-state index in [4.69, 9.17) is 4.74 Å². The number of methoxy groups -OCH3 is 1. The van der Waals surface area contributed by atoms with Crippen LogP contribution in [0.2, 0.25) is 0 Å². The normalized spacial score (nSPS) is 22.4. The van der Waals surface area contributed by atoms with Crippen molar-refractivity contribution in [1.29, 1.82) is 0 Å². The summed E-state index contributed by atoms with van der Waals surface area (Å²) in [5.41, 5.74) is 1.47. The van der Waals surface area contributed by atoms with E-state index in [0.29, 0.717) is 5.56 Å². The molecule has 0 saturated heterocycles. The summed E-state index contributed by atoms with van der Waals surface area (Å²) in [6.45, 7) is 1.87. The molecule has 1 fully saturated rings. The highest BCUT2D eigenvalue weighted by atomic mass is 16.5. The molecule has 1 saturated carbocycles. The van der Waals surface area contributed by atoms with Crippen LogP contribution in [0.1, 0.15) is 41.7 Å². The molecule has 2 rings (SSSR count). The summed E-state index contributed by atoms with van der Waals surface area (Å²) in [5.74, 6) is -0.247. The smallest absolute Gasteiger partial charge is 0.308 e. The van der Waals surface area contributed by atoms with Gasteiger partial charge in [0.1, 0.15) is 0 Å². The van der Waals surface area contributed by atoms with Gasteiger partial charge in [0, 0.05) is 18.8 Å². The summed E-state index contributed by atoms with van der Waals surface area (Å²) >= 11 is 0. The lowest BCUT2D eigenvalue weighted by molar-refractivity contribution is -0.146. The highest BCUT2D eigenvalue weighted by Gasteiger charge is 2.28. The molecule has 1 heterocycles. The van der Waals surface area contributed by atoms with Gasteiger partial charge in [-0.15, -0.1) is 0 Å². The van der Waals surface area contributed by atoms with Gasteiger partial charge >= 0.3 is 5.97 Å². The van der Waals surface area contributed by atoms with E-state index >= 15 is 0 Å². The van der Waals surface area contributed by atoms with Gasteiger partial charge in [0.05, 0.1) is 24.8 Å². The summed E-state index contributed by atoms with van der Waals surface area (Å²) in [4.78, 5) is 23.6. The second-order valence-electron chi connectivity index (χ2n) is 5.31. The molecule has 0 aliphatic heterocycles. The Morgan fingerprint density at radius 2 is 2.00 bits per heavy atom. The van der Waals surface area contributed by atoms with E-state index in [1.165, 1.54) is 7.11 Å². The monoisotopic (exact) mass is 279 g/mol. The van der Waals surface area contributed by atoms with Crippen molar-refractivity contribution < 1.29 is 14.3 Å². The lowest BCUT2D eigenvalue weighted by Gasteiger charge is -2.27. The van der Waals surface area contributed by atoms with Gasteiger partial charge in [-0.3, -0.25) is 14.3 Å². The topological polar surface area (TPSA) is 73.2 Å². The molecule has 1 N–H and O–H groups in total. The number of hydrogen-bond acceptors (Lipinski definition) is 4. The molecule has 6 heteroatoms. The van der Waals surface area contributed by atoms with Crippen molar-refractivity contribution in [2.75, 3.05) is 7.11 Å². The summed E-state index contributed by atoms with van der Waals surface area (Å²) < 4.78 is 6.44. The van der Waals surface area contributed by atoms with Gasteiger partial charge in [0.25, 0.3) is 5.91 Å². The number of rotatable bonds is 3. The number of hydrogen-bond donors (Lipinski definition) is 1. The summed E-state index contributed by atoms with van der Waals surface area (Å²) in [5, 5.41) is 7.09. The molecule has 1 aliphatic carbocycles. The van der Waals surface area contributed by atoms with E-state index in [2.05, 4.69) is 10.4 Å². The van der Waals surface area contributed by atoms with Crippen molar-refractivity contribution in [2.45, 2.75) is 38.6 Å². The third-order valence-electron chi connectivity index (χ3n) is 4.08. The molecule has 6 nitrogen and oxygen atoms in total. The number of amides is 1. The quantitative estimate of drug-likeness (QED) is 0.844. The molecule has 1 amide bonds. The van der Waals surface area contributed by atoms with Gasteiger partial charge in [-0.2, -0.15) is 5.10 Å². The van der Waals surface area contributed by atoms with Crippen molar-refractivity contribution in [1.82, 2.24) is 15.1 Å². The summed E-state index contributed by atoms with van der Waals surface area (Å²) in [7, 11) is 3.23. The SMILES string of the molecule is COC(=O)C1CCC(NC(=O)c2cnn(C)c2C)CC1. The Kier molecular flexibility index (Phi) is 4.42. The number of nitrogens with zero attached hydrogens (tertiary/aromatic N) is 2. The van der Waals surface area contributed by atoms with Crippen LogP contribution in [0.4, 0.5) is 0 Å². The van der Waals surface area contributed by atoms with Gasteiger partial charge in [0.2, 0.25) is 0 Å². The Morgan fingerprint density at radius 3 is 2.50 bits per heavy atom. The van der Waals surface area contributed by atoms with Crippen molar-refractivity contribution in [3.05, 3.63) is 17.5 Å². The van der Waals surface area contributed by atoms with Gasteiger partial charge in [-0.05, 0) is 32.6 Å². The van der Waals surface area contributed by atoms with Crippen LogP contribution in [0, 0.1) is 12.8 Å². The number of nitrogens with one attached hydrogen (secondary N) is 1. The average molecular weight is 279 g/mol. The highest BCUT2D eigenvalue weighted by Crippen LogP contribution is 2.25. The van der Waals surface area contributed by atoms with Crippen molar-refractivity contribution in [3.63, 3.8) is 0 Å². The first-order valence-corrected chi connectivity index (χ1v) is 6.90. The predicted octanol–water partition coefficient (Wildman–Crippen LogP) is 1.19. The van der Waals surface area contributed by atoms with E-state index in [0.717, 1.165) is 31.4 Å². The Morgan fingerprint density at radius 1 is 1.35 bits per heavy atom. The molecule has 1 aromatic rings. The summed E-state index contributed by atoms with van der Waals surface area (Å²) in [6, 6.07) is 0.128. The third-order valence-corrected chi connectivity index (χ3v) is 4.08. The first-order valence-electron chi connectivity index (χ1n) is 6.90. The first-order chi connectivity index (χ1) is 9.52. The second-order valence-corrected chi connectivity index (χ2v) is 5.31. The van der Waals surface area contributed by atoms with Gasteiger partial charge in [-0.1, -0.05) is 0 Å². The fourth-order valence-corrected chi connectivity index (χ4v) is 2.62. The molecule has 0 spiro atoms.